The first-order chi connectivity index (χ1) is 12.3. The van der Waals surface area contributed by atoms with E-state index in [9.17, 15) is 13.2 Å². The van der Waals surface area contributed by atoms with Crippen LogP contribution in [0, 0.1) is 5.92 Å². The van der Waals surface area contributed by atoms with Gasteiger partial charge in [-0.25, -0.2) is 8.42 Å². The molecular weight excluding hydrogens is 390 g/mol. The lowest BCUT2D eigenvalue weighted by atomic mass is 10.0. The summed E-state index contributed by atoms with van der Waals surface area (Å²) in [6.45, 7) is 5.89. The van der Waals surface area contributed by atoms with Crippen molar-refractivity contribution in [3.05, 3.63) is 35.4 Å². The molecule has 0 spiro atoms. The van der Waals surface area contributed by atoms with E-state index < -0.39 is 16.1 Å². The second kappa shape index (κ2) is 11.0. The number of benzene rings is 1. The molecule has 1 aliphatic rings. The van der Waals surface area contributed by atoms with E-state index in [2.05, 4.69) is 5.32 Å². The predicted molar refractivity (Wildman–Crippen MR) is 108 cm³/mol. The van der Waals surface area contributed by atoms with Gasteiger partial charge in [0.05, 0.1) is 25.0 Å². The normalized spacial score (nSPS) is 16.6. The average molecular weight is 420 g/mol. The average Bonchev–Trinajstić information content (AvgIpc) is 2.60. The molecule has 1 saturated heterocycles. The maximum atomic E-state index is 12.6. The number of nitrogens with zero attached hydrogens (tertiary/aromatic N) is 1. The van der Waals surface area contributed by atoms with Crippen molar-refractivity contribution in [2.24, 2.45) is 11.7 Å². The van der Waals surface area contributed by atoms with Crippen molar-refractivity contribution in [2.75, 3.05) is 26.3 Å². The quantitative estimate of drug-likeness (QED) is 0.660. The van der Waals surface area contributed by atoms with Crippen LogP contribution in [0.15, 0.2) is 24.3 Å². The van der Waals surface area contributed by atoms with Gasteiger partial charge in [-0.3, -0.25) is 4.79 Å². The number of halogens is 1. The number of hydrogen-bond acceptors (Lipinski definition) is 5. The number of amides is 1. The largest absolute Gasteiger partial charge is 0.379 e. The van der Waals surface area contributed by atoms with Gasteiger partial charge in [0.2, 0.25) is 15.9 Å². The van der Waals surface area contributed by atoms with Crippen molar-refractivity contribution in [1.82, 2.24) is 9.62 Å². The number of rotatable bonds is 8. The summed E-state index contributed by atoms with van der Waals surface area (Å²) in [7, 11) is -3.41. The second-order valence-electron chi connectivity index (χ2n) is 6.99. The minimum atomic E-state index is -3.41. The molecule has 0 aromatic heterocycles. The lowest BCUT2D eigenvalue weighted by Crippen LogP contribution is -2.42. The molecule has 1 amide bonds. The van der Waals surface area contributed by atoms with Gasteiger partial charge < -0.3 is 15.8 Å². The van der Waals surface area contributed by atoms with E-state index in [0.29, 0.717) is 44.2 Å². The Hall–Kier alpha value is -1.19. The van der Waals surface area contributed by atoms with Crippen molar-refractivity contribution in [3.63, 3.8) is 0 Å². The molecule has 154 valence electrons. The lowest BCUT2D eigenvalue weighted by molar-refractivity contribution is -0.122. The highest BCUT2D eigenvalue weighted by Crippen LogP contribution is 2.16. The van der Waals surface area contributed by atoms with Gasteiger partial charge in [0.1, 0.15) is 0 Å². The topological polar surface area (TPSA) is 102 Å². The lowest BCUT2D eigenvalue weighted by Gasteiger charge is -2.26. The summed E-state index contributed by atoms with van der Waals surface area (Å²) in [4.78, 5) is 12.1. The molecule has 1 fully saturated rings. The number of nitrogens with one attached hydrogen (secondary N) is 1. The Morgan fingerprint density at radius 1 is 1.22 bits per heavy atom. The van der Waals surface area contributed by atoms with Gasteiger partial charge in [-0.15, -0.1) is 12.4 Å². The zero-order valence-corrected chi connectivity index (χ0v) is 17.5. The molecule has 0 bridgehead atoms. The fourth-order valence-corrected chi connectivity index (χ4v) is 4.47. The van der Waals surface area contributed by atoms with Crippen LogP contribution in [0.1, 0.15) is 31.4 Å². The first-order valence-electron chi connectivity index (χ1n) is 8.95. The molecule has 7 nitrogen and oxygen atoms in total. The van der Waals surface area contributed by atoms with Crippen LogP contribution in [0.4, 0.5) is 0 Å². The summed E-state index contributed by atoms with van der Waals surface area (Å²) in [6, 6.07) is 6.70. The Morgan fingerprint density at radius 3 is 2.41 bits per heavy atom. The molecule has 2 rings (SSSR count). The van der Waals surface area contributed by atoms with E-state index in [1.165, 1.54) is 4.31 Å². The summed E-state index contributed by atoms with van der Waals surface area (Å²) in [5.41, 5.74) is 7.37. The van der Waals surface area contributed by atoms with E-state index in [0.717, 1.165) is 5.56 Å². The zero-order valence-electron chi connectivity index (χ0n) is 15.9. The molecule has 1 heterocycles. The van der Waals surface area contributed by atoms with Crippen molar-refractivity contribution in [3.8, 4) is 0 Å². The molecular formula is C18H30ClN3O4S. The number of carbonyl (C=O) groups is 1. The highest BCUT2D eigenvalue weighted by Gasteiger charge is 2.25. The maximum absolute atomic E-state index is 12.6. The number of ether oxygens (including phenoxy) is 1. The molecule has 1 aliphatic heterocycles. The van der Waals surface area contributed by atoms with E-state index in [-0.39, 0.29) is 30.6 Å². The summed E-state index contributed by atoms with van der Waals surface area (Å²) in [6.07, 6.45) is 0.610. The zero-order chi connectivity index (χ0) is 19.2. The van der Waals surface area contributed by atoms with E-state index in [1.54, 1.807) is 12.1 Å². The van der Waals surface area contributed by atoms with Crippen LogP contribution in [0.5, 0.6) is 0 Å². The van der Waals surface area contributed by atoms with E-state index in [4.69, 9.17) is 10.5 Å². The first-order valence-corrected chi connectivity index (χ1v) is 10.6. The van der Waals surface area contributed by atoms with E-state index in [1.807, 2.05) is 26.0 Å². The monoisotopic (exact) mass is 419 g/mol. The van der Waals surface area contributed by atoms with Crippen LogP contribution in [0.25, 0.3) is 0 Å². The summed E-state index contributed by atoms with van der Waals surface area (Å²) in [5.74, 6) is 0.0307. The Kier molecular flexibility index (Phi) is 9.69. The SMILES string of the molecule is CC(C)C[C@H](N)C(=O)NCc1ccccc1CS(=O)(=O)N1CCOCC1.Cl. The van der Waals surface area contributed by atoms with E-state index >= 15 is 0 Å². The molecule has 1 aromatic carbocycles. The Morgan fingerprint density at radius 2 is 1.81 bits per heavy atom. The number of hydrogen-bond donors (Lipinski definition) is 2. The minimum Gasteiger partial charge on any atom is -0.379 e. The van der Waals surface area contributed by atoms with Crippen LogP contribution in [0.3, 0.4) is 0 Å². The van der Waals surface area contributed by atoms with Gasteiger partial charge in [0.25, 0.3) is 0 Å². The number of carbonyl (C=O) groups excluding carboxylic acids is 1. The predicted octanol–water partition coefficient (Wildman–Crippen LogP) is 1.26. The Bertz CT molecular complexity index is 706. The van der Waals surface area contributed by atoms with Gasteiger partial charge in [0.15, 0.2) is 0 Å². The molecule has 9 heteroatoms. The van der Waals surface area contributed by atoms with Gasteiger partial charge in [-0.05, 0) is 23.5 Å². The fourth-order valence-electron chi connectivity index (χ4n) is 2.91. The van der Waals surface area contributed by atoms with Crippen LogP contribution in [-0.2, 0) is 31.9 Å². The Balaban J connectivity index is 0.00000364. The van der Waals surface area contributed by atoms with Gasteiger partial charge in [0, 0.05) is 19.6 Å². The van der Waals surface area contributed by atoms with Crippen LogP contribution >= 0.6 is 12.4 Å². The summed E-state index contributed by atoms with van der Waals surface area (Å²) < 4.78 is 32.0. The van der Waals surface area contributed by atoms with Crippen LogP contribution in [-0.4, -0.2) is 51.0 Å². The minimum absolute atomic E-state index is 0. The Labute approximate surface area is 168 Å². The molecule has 1 aromatic rings. The smallest absolute Gasteiger partial charge is 0.237 e. The van der Waals surface area contributed by atoms with Gasteiger partial charge >= 0.3 is 0 Å². The van der Waals surface area contributed by atoms with Crippen LogP contribution in [0.2, 0.25) is 0 Å². The standard InChI is InChI=1S/C18H29N3O4S.ClH/c1-14(2)11-17(19)18(22)20-12-15-5-3-4-6-16(15)13-26(23,24)21-7-9-25-10-8-21;/h3-6,14,17H,7-13,19H2,1-2H3,(H,20,22);1H/t17-;/m0./s1. The first kappa shape index (κ1) is 23.8. The van der Waals surface area contributed by atoms with Crippen LogP contribution < -0.4 is 11.1 Å². The van der Waals surface area contributed by atoms with Crippen molar-refractivity contribution in [1.29, 1.82) is 0 Å². The van der Waals surface area contributed by atoms with Crippen molar-refractivity contribution in [2.45, 2.75) is 38.6 Å². The van der Waals surface area contributed by atoms with Gasteiger partial charge in [-0.2, -0.15) is 4.31 Å². The van der Waals surface area contributed by atoms with Crippen molar-refractivity contribution >= 4 is 28.3 Å². The molecule has 27 heavy (non-hydrogen) atoms. The number of morpholine rings is 1. The third-order valence-electron chi connectivity index (χ3n) is 4.33. The fraction of sp³-hybridized carbons (Fsp3) is 0.611. The summed E-state index contributed by atoms with van der Waals surface area (Å²) >= 11 is 0. The molecule has 0 aliphatic carbocycles. The molecule has 1 atom stereocenters. The molecule has 0 unspecified atom stereocenters. The number of sulfonamides is 1. The maximum Gasteiger partial charge on any atom is 0.237 e. The molecule has 3 N–H and O–H groups in total. The van der Waals surface area contributed by atoms with Gasteiger partial charge in [-0.1, -0.05) is 38.1 Å². The third kappa shape index (κ3) is 7.38. The molecule has 0 radical (unpaired) electrons. The third-order valence-corrected chi connectivity index (χ3v) is 6.16. The summed E-state index contributed by atoms with van der Waals surface area (Å²) in [5, 5.41) is 2.82. The second-order valence-corrected chi connectivity index (χ2v) is 8.96. The molecule has 0 saturated carbocycles. The van der Waals surface area contributed by atoms with Crippen molar-refractivity contribution < 1.29 is 17.9 Å². The highest BCUT2D eigenvalue weighted by atomic mass is 35.5. The number of nitrogens with two attached hydrogens (primary N) is 1. The highest BCUT2D eigenvalue weighted by molar-refractivity contribution is 7.88.